The number of hydrogen-bond donors (Lipinski definition) is 1. The number of tetrazole rings is 1. The average Bonchev–Trinajstić information content (AvgIpc) is 3.07. The lowest BCUT2D eigenvalue weighted by atomic mass is 9.95. The van der Waals surface area contributed by atoms with Crippen LogP contribution in [0.3, 0.4) is 0 Å². The molecule has 1 unspecified atom stereocenters. The summed E-state index contributed by atoms with van der Waals surface area (Å²) in [5, 5.41) is 14.8. The van der Waals surface area contributed by atoms with E-state index in [0.717, 1.165) is 11.3 Å². The van der Waals surface area contributed by atoms with Gasteiger partial charge < -0.3 is 14.8 Å². The largest absolute Gasteiger partial charge is 0.494 e. The maximum absolute atomic E-state index is 12.8. The molecule has 0 fully saturated rings. The van der Waals surface area contributed by atoms with Crippen molar-refractivity contribution in [3.05, 3.63) is 41.1 Å². The van der Waals surface area contributed by atoms with Crippen LogP contribution >= 0.6 is 0 Å². The lowest BCUT2D eigenvalue weighted by molar-refractivity contribution is -0.140. The van der Waals surface area contributed by atoms with Gasteiger partial charge in [0.25, 0.3) is 0 Å². The van der Waals surface area contributed by atoms with Crippen molar-refractivity contribution in [2.24, 2.45) is 5.92 Å². The Bertz CT molecular complexity index is 810. The van der Waals surface area contributed by atoms with Crippen LogP contribution < -0.4 is 10.1 Å². The Kier molecular flexibility index (Phi) is 5.20. The van der Waals surface area contributed by atoms with Crippen molar-refractivity contribution in [2.45, 2.75) is 33.7 Å². The molecule has 0 amide bonds. The van der Waals surface area contributed by atoms with Crippen molar-refractivity contribution in [1.82, 2.24) is 20.2 Å². The van der Waals surface area contributed by atoms with Gasteiger partial charge in [-0.25, -0.2) is 4.79 Å². The van der Waals surface area contributed by atoms with Gasteiger partial charge in [-0.2, -0.15) is 4.68 Å². The monoisotopic (exact) mass is 357 g/mol. The van der Waals surface area contributed by atoms with Crippen molar-refractivity contribution in [3.8, 4) is 5.75 Å². The molecule has 3 rings (SSSR count). The molecular weight excluding hydrogens is 334 g/mol. The summed E-state index contributed by atoms with van der Waals surface area (Å²) < 4.78 is 12.6. The highest BCUT2D eigenvalue weighted by Crippen LogP contribution is 2.35. The Morgan fingerprint density at radius 2 is 2.04 bits per heavy atom. The first-order valence-electron chi connectivity index (χ1n) is 8.66. The first kappa shape index (κ1) is 17.9. The number of ether oxygens (including phenoxy) is 2. The second kappa shape index (κ2) is 7.55. The van der Waals surface area contributed by atoms with Crippen LogP contribution in [0.4, 0.5) is 5.95 Å². The highest BCUT2D eigenvalue weighted by Gasteiger charge is 2.35. The van der Waals surface area contributed by atoms with Crippen LogP contribution in [0.1, 0.15) is 39.3 Å². The number of carbonyl (C=O) groups is 1. The predicted molar refractivity (Wildman–Crippen MR) is 95.7 cm³/mol. The minimum atomic E-state index is -0.461. The number of benzene rings is 1. The summed E-state index contributed by atoms with van der Waals surface area (Å²) in [5.74, 6) is 1.14. The molecule has 0 aliphatic carbocycles. The van der Waals surface area contributed by atoms with Gasteiger partial charge in [0.15, 0.2) is 0 Å². The lowest BCUT2D eigenvalue weighted by Crippen LogP contribution is -2.30. The average molecular weight is 357 g/mol. The van der Waals surface area contributed by atoms with Crippen LogP contribution in [0.5, 0.6) is 5.75 Å². The number of anilines is 1. The molecule has 1 aliphatic rings. The van der Waals surface area contributed by atoms with Crippen molar-refractivity contribution >= 4 is 11.9 Å². The van der Waals surface area contributed by atoms with Gasteiger partial charge in [0.2, 0.25) is 5.95 Å². The molecule has 0 saturated carbocycles. The minimum absolute atomic E-state index is 0.254. The van der Waals surface area contributed by atoms with E-state index in [4.69, 9.17) is 9.47 Å². The quantitative estimate of drug-likeness (QED) is 0.794. The molecule has 1 aromatic carbocycles. The Labute approximate surface area is 152 Å². The van der Waals surface area contributed by atoms with E-state index in [9.17, 15) is 4.79 Å². The number of rotatable bonds is 6. The van der Waals surface area contributed by atoms with Crippen LogP contribution in [0, 0.1) is 5.92 Å². The third kappa shape index (κ3) is 3.54. The molecule has 138 valence electrons. The maximum Gasteiger partial charge on any atom is 0.338 e. The molecule has 0 saturated heterocycles. The summed E-state index contributed by atoms with van der Waals surface area (Å²) in [6.07, 6.45) is 0. The van der Waals surface area contributed by atoms with E-state index in [2.05, 4.69) is 20.8 Å². The second-order valence-corrected chi connectivity index (χ2v) is 6.51. The first-order valence-corrected chi connectivity index (χ1v) is 8.66. The summed E-state index contributed by atoms with van der Waals surface area (Å²) in [6, 6.07) is 7.11. The van der Waals surface area contributed by atoms with E-state index >= 15 is 0 Å². The lowest BCUT2D eigenvalue weighted by Gasteiger charge is -2.27. The predicted octanol–water partition coefficient (Wildman–Crippen LogP) is 2.56. The molecule has 1 aliphatic heterocycles. The second-order valence-electron chi connectivity index (χ2n) is 6.51. The molecule has 1 aromatic heterocycles. The molecule has 8 heteroatoms. The fraction of sp³-hybridized carbons (Fsp3) is 0.444. The molecule has 0 spiro atoms. The highest BCUT2D eigenvalue weighted by molar-refractivity contribution is 5.92. The summed E-state index contributed by atoms with van der Waals surface area (Å²) in [6.45, 7) is 8.70. The van der Waals surface area contributed by atoms with Gasteiger partial charge in [0.1, 0.15) is 11.8 Å². The molecule has 2 aromatic rings. The van der Waals surface area contributed by atoms with E-state index < -0.39 is 6.04 Å². The standard InChI is InChI=1S/C18H23N5O3/c1-5-25-14-8-6-13(7-9-14)16-15(17(24)26-10-11(2)3)12(4)19-18-20-21-22-23(16)18/h6-9,11,16H,5,10H2,1-4H3,(H,19,20,22). The summed E-state index contributed by atoms with van der Waals surface area (Å²) in [4.78, 5) is 12.8. The minimum Gasteiger partial charge on any atom is -0.494 e. The van der Waals surface area contributed by atoms with Gasteiger partial charge in [0, 0.05) is 5.70 Å². The van der Waals surface area contributed by atoms with Crippen molar-refractivity contribution in [2.75, 3.05) is 18.5 Å². The fourth-order valence-corrected chi connectivity index (χ4v) is 2.82. The molecule has 0 bridgehead atoms. The van der Waals surface area contributed by atoms with Crippen LogP contribution in [0.2, 0.25) is 0 Å². The van der Waals surface area contributed by atoms with Gasteiger partial charge in [-0.05, 0) is 47.9 Å². The van der Waals surface area contributed by atoms with E-state index in [-0.39, 0.29) is 11.9 Å². The number of allylic oxidation sites excluding steroid dienone is 1. The van der Waals surface area contributed by atoms with Crippen LogP contribution in [0.25, 0.3) is 0 Å². The van der Waals surface area contributed by atoms with Crippen LogP contribution in [0.15, 0.2) is 35.5 Å². The van der Waals surface area contributed by atoms with Gasteiger partial charge in [-0.3, -0.25) is 0 Å². The third-order valence-electron chi connectivity index (χ3n) is 3.99. The summed E-state index contributed by atoms with van der Waals surface area (Å²) >= 11 is 0. The number of hydrogen-bond acceptors (Lipinski definition) is 7. The zero-order chi connectivity index (χ0) is 18.7. The topological polar surface area (TPSA) is 91.2 Å². The SMILES string of the molecule is CCOc1ccc(C2C(C(=O)OCC(C)C)=C(C)Nc3nnnn32)cc1. The number of aromatic nitrogens is 4. The van der Waals surface area contributed by atoms with E-state index in [1.54, 1.807) is 4.68 Å². The van der Waals surface area contributed by atoms with Gasteiger partial charge in [-0.15, -0.1) is 0 Å². The molecule has 1 N–H and O–H groups in total. The molecule has 26 heavy (non-hydrogen) atoms. The summed E-state index contributed by atoms with van der Waals surface area (Å²) in [7, 11) is 0. The molecular formula is C18H23N5O3. The molecule has 1 atom stereocenters. The number of esters is 1. The van der Waals surface area contributed by atoms with Gasteiger partial charge in [0.05, 0.1) is 18.8 Å². The first-order chi connectivity index (χ1) is 12.5. The zero-order valence-corrected chi connectivity index (χ0v) is 15.4. The normalized spacial score (nSPS) is 16.3. The maximum atomic E-state index is 12.8. The fourth-order valence-electron chi connectivity index (χ4n) is 2.82. The van der Waals surface area contributed by atoms with Crippen LogP contribution in [-0.4, -0.2) is 39.4 Å². The van der Waals surface area contributed by atoms with Crippen LogP contribution in [-0.2, 0) is 9.53 Å². The zero-order valence-electron chi connectivity index (χ0n) is 15.4. The highest BCUT2D eigenvalue weighted by atomic mass is 16.5. The van der Waals surface area contributed by atoms with Crippen molar-refractivity contribution in [1.29, 1.82) is 0 Å². The Hall–Kier alpha value is -2.90. The Morgan fingerprint density at radius 1 is 1.31 bits per heavy atom. The Morgan fingerprint density at radius 3 is 2.69 bits per heavy atom. The molecule has 8 nitrogen and oxygen atoms in total. The van der Waals surface area contributed by atoms with E-state index in [1.165, 1.54) is 0 Å². The van der Waals surface area contributed by atoms with E-state index in [0.29, 0.717) is 30.4 Å². The summed E-state index contributed by atoms with van der Waals surface area (Å²) in [5.41, 5.74) is 2.05. The number of carbonyl (C=O) groups excluding carboxylic acids is 1. The third-order valence-corrected chi connectivity index (χ3v) is 3.99. The van der Waals surface area contributed by atoms with Gasteiger partial charge >= 0.3 is 5.97 Å². The van der Waals surface area contributed by atoms with Crippen molar-refractivity contribution in [3.63, 3.8) is 0 Å². The molecule has 2 heterocycles. The van der Waals surface area contributed by atoms with E-state index in [1.807, 2.05) is 52.0 Å². The smallest absolute Gasteiger partial charge is 0.338 e. The van der Waals surface area contributed by atoms with Gasteiger partial charge in [-0.1, -0.05) is 31.1 Å². The Balaban J connectivity index is 1.98. The number of nitrogens with one attached hydrogen (secondary N) is 1. The molecule has 0 radical (unpaired) electrons. The number of nitrogens with zero attached hydrogens (tertiary/aromatic N) is 4. The number of fused-ring (bicyclic) bond motifs is 1. The van der Waals surface area contributed by atoms with Crippen molar-refractivity contribution < 1.29 is 14.3 Å².